The molecule has 0 unspecified atom stereocenters. The smallest absolute Gasteiger partial charge is 0.346 e. The lowest BCUT2D eigenvalue weighted by atomic mass is 10.1. The van der Waals surface area contributed by atoms with E-state index in [1.54, 1.807) is 36.7 Å². The van der Waals surface area contributed by atoms with Crippen molar-refractivity contribution in [2.45, 2.75) is 13.1 Å². The molecule has 0 saturated heterocycles. The van der Waals surface area contributed by atoms with E-state index in [2.05, 4.69) is 30.6 Å². The molecule has 0 radical (unpaired) electrons. The second-order valence-electron chi connectivity index (χ2n) is 8.06. The average molecular weight is 488 g/mol. The molecular formula is C26H19F3N6O. The second-order valence-corrected chi connectivity index (χ2v) is 8.06. The van der Waals surface area contributed by atoms with Crippen LogP contribution in [-0.2, 0) is 6.18 Å². The van der Waals surface area contributed by atoms with Gasteiger partial charge in [-0.2, -0.15) is 13.2 Å². The van der Waals surface area contributed by atoms with Crippen molar-refractivity contribution < 1.29 is 18.0 Å². The Kier molecular flexibility index (Phi) is 5.85. The van der Waals surface area contributed by atoms with E-state index in [1.807, 2.05) is 25.3 Å². The van der Waals surface area contributed by atoms with Crippen LogP contribution in [-0.4, -0.2) is 25.8 Å². The molecule has 180 valence electrons. The second kappa shape index (κ2) is 9.14. The van der Waals surface area contributed by atoms with E-state index in [-0.39, 0.29) is 0 Å². The summed E-state index contributed by atoms with van der Waals surface area (Å²) < 4.78 is 39.9. The molecule has 0 aliphatic carbocycles. The fourth-order valence-electron chi connectivity index (χ4n) is 3.74. The van der Waals surface area contributed by atoms with Crippen molar-refractivity contribution in [3.63, 3.8) is 0 Å². The van der Waals surface area contributed by atoms with Crippen LogP contribution in [0.5, 0.6) is 0 Å². The van der Waals surface area contributed by atoms with Crippen LogP contribution in [0, 0.1) is 6.92 Å². The number of carbonyl (C=O) groups excluding carboxylic acids is 1. The summed E-state index contributed by atoms with van der Waals surface area (Å²) in [5, 5.41) is 6.62. The van der Waals surface area contributed by atoms with Crippen LogP contribution in [0.25, 0.3) is 22.3 Å². The molecule has 5 rings (SSSR count). The quantitative estimate of drug-likeness (QED) is 0.268. The number of fused-ring (bicyclic) bond motifs is 1. The molecule has 1 amide bonds. The minimum atomic E-state index is -4.64. The summed E-state index contributed by atoms with van der Waals surface area (Å²) in [5.74, 6) is -0.542. The van der Waals surface area contributed by atoms with Gasteiger partial charge in [-0.3, -0.25) is 4.79 Å². The van der Waals surface area contributed by atoms with E-state index in [4.69, 9.17) is 0 Å². The molecule has 2 aromatic carbocycles. The first-order valence-electron chi connectivity index (χ1n) is 10.9. The molecule has 5 aromatic rings. The number of amides is 1. The Morgan fingerprint density at radius 1 is 1.00 bits per heavy atom. The molecule has 0 spiro atoms. The number of hydrogen-bond acceptors (Lipinski definition) is 5. The topological polar surface area (TPSA) is 95.6 Å². The van der Waals surface area contributed by atoms with Crippen molar-refractivity contribution in [3.8, 4) is 11.3 Å². The number of aromatic amines is 1. The van der Waals surface area contributed by atoms with E-state index in [9.17, 15) is 18.0 Å². The van der Waals surface area contributed by atoms with Gasteiger partial charge in [0.2, 0.25) is 5.95 Å². The SMILES string of the molecule is Cc1ccc(NC(=O)c2ccccc2C(F)(F)F)cc1Nc1nccc(-c2cnc3[nH]ccc3c2)n1. The Morgan fingerprint density at radius 3 is 2.67 bits per heavy atom. The van der Waals surface area contributed by atoms with Crippen molar-refractivity contribution in [1.29, 1.82) is 0 Å². The summed E-state index contributed by atoms with van der Waals surface area (Å²) in [6, 6.07) is 15.3. The Morgan fingerprint density at radius 2 is 1.83 bits per heavy atom. The molecule has 10 heteroatoms. The predicted molar refractivity (Wildman–Crippen MR) is 131 cm³/mol. The zero-order valence-corrected chi connectivity index (χ0v) is 18.9. The number of aromatic nitrogens is 4. The molecule has 0 aliphatic rings. The van der Waals surface area contributed by atoms with Crippen LogP contribution in [0.15, 0.2) is 79.3 Å². The number of H-pyrrole nitrogens is 1. The number of rotatable bonds is 5. The van der Waals surface area contributed by atoms with Gasteiger partial charge in [0.25, 0.3) is 5.91 Å². The maximum absolute atomic E-state index is 13.3. The van der Waals surface area contributed by atoms with E-state index in [0.717, 1.165) is 34.3 Å². The van der Waals surface area contributed by atoms with Crippen LogP contribution < -0.4 is 10.6 Å². The first-order valence-corrected chi connectivity index (χ1v) is 10.9. The third-order valence-electron chi connectivity index (χ3n) is 5.57. The van der Waals surface area contributed by atoms with Gasteiger partial charge in [0.15, 0.2) is 0 Å². The Hall–Kier alpha value is -4.73. The van der Waals surface area contributed by atoms with Gasteiger partial charge < -0.3 is 15.6 Å². The minimum Gasteiger partial charge on any atom is -0.346 e. The molecule has 0 atom stereocenters. The van der Waals surface area contributed by atoms with Gasteiger partial charge in [0.1, 0.15) is 5.65 Å². The zero-order chi connectivity index (χ0) is 25.3. The van der Waals surface area contributed by atoms with Crippen molar-refractivity contribution in [2.24, 2.45) is 0 Å². The summed E-state index contributed by atoms with van der Waals surface area (Å²) in [6.07, 6.45) is 0.494. The standard InChI is InChI=1S/C26H19F3N6O/c1-15-6-7-18(33-24(36)19-4-2-3-5-20(19)26(27,28)29)13-22(15)35-25-31-11-9-21(34-25)17-12-16-8-10-30-23(16)32-14-17/h2-14H,1H3,(H,30,32)(H,33,36)(H,31,34,35). The number of hydrogen-bond donors (Lipinski definition) is 3. The number of nitrogens with one attached hydrogen (secondary N) is 3. The predicted octanol–water partition coefficient (Wildman–Crippen LogP) is 6.34. The number of benzene rings is 2. The molecular weight excluding hydrogens is 469 g/mol. The summed E-state index contributed by atoms with van der Waals surface area (Å²) in [7, 11) is 0. The average Bonchev–Trinajstić information content (AvgIpc) is 3.34. The normalized spacial score (nSPS) is 11.4. The summed E-state index contributed by atoms with van der Waals surface area (Å²) in [6.45, 7) is 1.85. The molecule has 7 nitrogen and oxygen atoms in total. The zero-order valence-electron chi connectivity index (χ0n) is 18.9. The first kappa shape index (κ1) is 23.0. The molecule has 0 bridgehead atoms. The number of aryl methyl sites for hydroxylation is 1. The number of alkyl halides is 3. The van der Waals surface area contributed by atoms with E-state index in [1.165, 1.54) is 12.1 Å². The Labute approximate surface area is 203 Å². The van der Waals surface area contributed by atoms with Gasteiger partial charge in [0.05, 0.1) is 16.8 Å². The highest BCUT2D eigenvalue weighted by Gasteiger charge is 2.34. The Balaban J connectivity index is 1.38. The molecule has 3 aromatic heterocycles. The highest BCUT2D eigenvalue weighted by atomic mass is 19.4. The van der Waals surface area contributed by atoms with Crippen LogP contribution in [0.2, 0.25) is 0 Å². The summed E-state index contributed by atoms with van der Waals surface area (Å²) in [4.78, 5) is 28.9. The number of pyridine rings is 1. The van der Waals surface area contributed by atoms with E-state index >= 15 is 0 Å². The highest BCUT2D eigenvalue weighted by molar-refractivity contribution is 6.05. The summed E-state index contributed by atoms with van der Waals surface area (Å²) in [5.41, 5.74) is 2.54. The fourth-order valence-corrected chi connectivity index (χ4v) is 3.74. The first-order chi connectivity index (χ1) is 17.3. The Bertz CT molecular complexity index is 1580. The third-order valence-corrected chi connectivity index (χ3v) is 5.57. The van der Waals surface area contributed by atoms with Crippen molar-refractivity contribution >= 4 is 34.3 Å². The lowest BCUT2D eigenvalue weighted by Crippen LogP contribution is -2.18. The van der Waals surface area contributed by atoms with Crippen molar-refractivity contribution in [2.75, 3.05) is 10.6 Å². The van der Waals surface area contributed by atoms with Gasteiger partial charge in [-0.25, -0.2) is 15.0 Å². The van der Waals surface area contributed by atoms with Gasteiger partial charge >= 0.3 is 6.18 Å². The van der Waals surface area contributed by atoms with Gasteiger partial charge in [-0.1, -0.05) is 18.2 Å². The van der Waals surface area contributed by atoms with Crippen LogP contribution >= 0.6 is 0 Å². The number of anilines is 3. The lowest BCUT2D eigenvalue weighted by Gasteiger charge is -2.14. The number of nitrogens with zero attached hydrogens (tertiary/aromatic N) is 3. The van der Waals surface area contributed by atoms with Gasteiger partial charge in [0, 0.05) is 40.9 Å². The number of carbonyl (C=O) groups is 1. The fraction of sp³-hybridized carbons (Fsp3) is 0.0769. The largest absolute Gasteiger partial charge is 0.417 e. The molecule has 36 heavy (non-hydrogen) atoms. The number of halogens is 3. The minimum absolute atomic E-state index is 0.315. The van der Waals surface area contributed by atoms with Crippen molar-refractivity contribution in [3.05, 3.63) is 95.9 Å². The van der Waals surface area contributed by atoms with Crippen LogP contribution in [0.4, 0.5) is 30.5 Å². The summed E-state index contributed by atoms with van der Waals surface area (Å²) >= 11 is 0. The monoisotopic (exact) mass is 488 g/mol. The molecule has 3 heterocycles. The van der Waals surface area contributed by atoms with Gasteiger partial charge in [-0.05, 0) is 55.0 Å². The van der Waals surface area contributed by atoms with E-state index in [0.29, 0.717) is 23.0 Å². The maximum Gasteiger partial charge on any atom is 0.417 e. The van der Waals surface area contributed by atoms with Crippen LogP contribution in [0.1, 0.15) is 21.5 Å². The molecule has 0 fully saturated rings. The third kappa shape index (κ3) is 4.74. The molecule has 3 N–H and O–H groups in total. The highest BCUT2D eigenvalue weighted by Crippen LogP contribution is 2.32. The molecule has 0 aliphatic heterocycles. The maximum atomic E-state index is 13.3. The van der Waals surface area contributed by atoms with Crippen molar-refractivity contribution in [1.82, 2.24) is 19.9 Å². The van der Waals surface area contributed by atoms with Crippen LogP contribution in [0.3, 0.4) is 0 Å². The lowest BCUT2D eigenvalue weighted by molar-refractivity contribution is -0.137. The molecule has 0 saturated carbocycles. The van der Waals surface area contributed by atoms with E-state index < -0.39 is 23.2 Å². The van der Waals surface area contributed by atoms with Gasteiger partial charge in [-0.15, -0.1) is 0 Å².